The fourth-order valence-corrected chi connectivity index (χ4v) is 15.7. The van der Waals surface area contributed by atoms with Crippen LogP contribution in [-0.2, 0) is 4.12 Å². The van der Waals surface area contributed by atoms with E-state index in [0.717, 1.165) is 52.4 Å². The predicted octanol–water partition coefficient (Wildman–Crippen LogP) is 3.72. The Morgan fingerprint density at radius 2 is 0.640 bits per heavy atom. The fourth-order valence-electron chi connectivity index (χ4n) is 3.28. The molecule has 25 heavy (non-hydrogen) atoms. The molecule has 0 saturated heterocycles. The van der Waals surface area contributed by atoms with Gasteiger partial charge in [0.05, 0.1) is 0 Å². The van der Waals surface area contributed by atoms with Gasteiger partial charge in [0.15, 0.2) is 0 Å². The standard InChI is InChI=1S/C16H40Cl2N4OSi2/c1-9-19(10-2)24(17,20(11-3)12-4)23-25(18,21(13-5)14-6)22(15-7)16-8/h9-16H2,1-8H3. The van der Waals surface area contributed by atoms with Gasteiger partial charge in [0.25, 0.3) is 0 Å². The fraction of sp³-hybridized carbons (Fsp3) is 1.00. The molecule has 0 N–H and O–H groups in total. The molecule has 0 bridgehead atoms. The molecule has 0 aromatic rings. The third kappa shape index (κ3) is 5.89. The molecule has 0 saturated carbocycles. The van der Waals surface area contributed by atoms with Crippen LogP contribution >= 0.6 is 22.2 Å². The second-order valence-electron chi connectivity index (χ2n) is 5.85. The molecular weight excluding hydrogens is 391 g/mol. The summed E-state index contributed by atoms with van der Waals surface area (Å²) in [4.78, 5) is 0. The minimum atomic E-state index is -2.85. The molecule has 0 aliphatic rings. The third-order valence-corrected chi connectivity index (χ3v) is 16.9. The first-order chi connectivity index (χ1) is 11.8. The van der Waals surface area contributed by atoms with Crippen molar-refractivity contribution < 1.29 is 4.12 Å². The Balaban J connectivity index is 6.13. The van der Waals surface area contributed by atoms with Gasteiger partial charge in [0, 0.05) is 0 Å². The number of hydrogen-bond acceptors (Lipinski definition) is 5. The molecule has 0 spiro atoms. The van der Waals surface area contributed by atoms with Crippen molar-refractivity contribution in [3.8, 4) is 0 Å². The summed E-state index contributed by atoms with van der Waals surface area (Å²) < 4.78 is 16.1. The Bertz CT molecular complexity index is 297. The molecule has 0 heterocycles. The molecule has 0 atom stereocenters. The van der Waals surface area contributed by atoms with E-state index in [2.05, 4.69) is 73.7 Å². The highest BCUT2D eigenvalue weighted by molar-refractivity contribution is 7.22. The van der Waals surface area contributed by atoms with E-state index in [1.807, 2.05) is 0 Å². The highest BCUT2D eigenvalue weighted by atomic mass is 35.6. The van der Waals surface area contributed by atoms with E-state index < -0.39 is 15.9 Å². The lowest BCUT2D eigenvalue weighted by Crippen LogP contribution is -2.74. The van der Waals surface area contributed by atoms with Crippen molar-refractivity contribution >= 4 is 38.1 Å². The topological polar surface area (TPSA) is 22.2 Å². The summed E-state index contributed by atoms with van der Waals surface area (Å²) in [5.41, 5.74) is 0. The summed E-state index contributed by atoms with van der Waals surface area (Å²) in [6.45, 7) is 24.1. The Labute approximate surface area is 168 Å². The zero-order chi connectivity index (χ0) is 19.7. The van der Waals surface area contributed by atoms with Crippen molar-refractivity contribution in [1.29, 1.82) is 0 Å². The maximum atomic E-state index is 7.34. The van der Waals surface area contributed by atoms with Gasteiger partial charge in [-0.3, -0.25) is 18.3 Å². The second-order valence-corrected chi connectivity index (χ2v) is 14.3. The largest absolute Gasteiger partial charge is 0.455 e. The Morgan fingerprint density at radius 3 is 0.760 bits per heavy atom. The Hall–Kier alpha value is 0.814. The van der Waals surface area contributed by atoms with Crippen LogP contribution in [0.4, 0.5) is 0 Å². The molecule has 0 aromatic carbocycles. The molecule has 0 aliphatic heterocycles. The lowest BCUT2D eigenvalue weighted by atomic mass is 10.7. The lowest BCUT2D eigenvalue weighted by molar-refractivity contribution is 0.225. The van der Waals surface area contributed by atoms with Crippen molar-refractivity contribution in [2.75, 3.05) is 52.4 Å². The molecule has 0 fully saturated rings. The molecule has 0 amide bonds. The van der Waals surface area contributed by atoms with Crippen LogP contribution in [0.1, 0.15) is 55.4 Å². The summed E-state index contributed by atoms with van der Waals surface area (Å²) >= 11 is 14.7. The Kier molecular flexibility index (Phi) is 12.7. The third-order valence-electron chi connectivity index (χ3n) is 4.87. The summed E-state index contributed by atoms with van der Waals surface area (Å²) in [5.74, 6) is 0. The molecule has 0 aromatic heterocycles. The van der Waals surface area contributed by atoms with Gasteiger partial charge < -0.3 is 4.12 Å². The minimum Gasteiger partial charge on any atom is -0.385 e. The summed E-state index contributed by atoms with van der Waals surface area (Å²) in [6, 6.07) is 0. The Morgan fingerprint density at radius 1 is 0.480 bits per heavy atom. The van der Waals surface area contributed by atoms with Crippen LogP contribution in [0.25, 0.3) is 0 Å². The molecule has 0 radical (unpaired) electrons. The number of rotatable bonds is 14. The molecule has 0 aliphatic carbocycles. The minimum absolute atomic E-state index is 0.862. The number of halogens is 2. The molecule has 0 rings (SSSR count). The summed E-state index contributed by atoms with van der Waals surface area (Å²) in [7, 11) is -5.70. The first-order valence-corrected chi connectivity index (χ1v) is 15.5. The van der Waals surface area contributed by atoms with Gasteiger partial charge in [-0.2, -0.15) is 0 Å². The zero-order valence-corrected chi connectivity index (χ0v) is 21.1. The molecule has 5 nitrogen and oxygen atoms in total. The van der Waals surface area contributed by atoms with Crippen molar-refractivity contribution in [2.45, 2.75) is 55.4 Å². The van der Waals surface area contributed by atoms with E-state index in [0.29, 0.717) is 0 Å². The van der Waals surface area contributed by atoms with Crippen molar-refractivity contribution in [3.63, 3.8) is 0 Å². The highest BCUT2D eigenvalue weighted by Crippen LogP contribution is 2.32. The lowest BCUT2D eigenvalue weighted by Gasteiger charge is -2.50. The van der Waals surface area contributed by atoms with E-state index in [-0.39, 0.29) is 0 Å². The monoisotopic (exact) mass is 430 g/mol. The smallest absolute Gasteiger partial charge is 0.385 e. The summed E-state index contributed by atoms with van der Waals surface area (Å²) in [5, 5.41) is 0. The van der Waals surface area contributed by atoms with Crippen LogP contribution < -0.4 is 0 Å². The molecule has 152 valence electrons. The van der Waals surface area contributed by atoms with E-state index >= 15 is 0 Å². The van der Waals surface area contributed by atoms with E-state index in [1.54, 1.807) is 0 Å². The maximum Gasteiger partial charge on any atom is 0.455 e. The van der Waals surface area contributed by atoms with Gasteiger partial charge in [0.2, 0.25) is 0 Å². The van der Waals surface area contributed by atoms with Crippen molar-refractivity contribution in [2.24, 2.45) is 0 Å². The quantitative estimate of drug-likeness (QED) is 0.308. The first-order valence-electron chi connectivity index (χ1n) is 9.87. The van der Waals surface area contributed by atoms with Gasteiger partial charge in [-0.1, -0.05) is 77.5 Å². The second kappa shape index (κ2) is 12.3. The summed E-state index contributed by atoms with van der Waals surface area (Å²) in [6.07, 6.45) is 0. The van der Waals surface area contributed by atoms with Gasteiger partial charge in [-0.15, -0.1) is 0 Å². The van der Waals surface area contributed by atoms with Crippen LogP contribution in [0, 0.1) is 0 Å². The highest BCUT2D eigenvalue weighted by Gasteiger charge is 2.57. The van der Waals surface area contributed by atoms with Gasteiger partial charge in [-0.25, -0.2) is 0 Å². The van der Waals surface area contributed by atoms with Crippen LogP contribution in [0.2, 0.25) is 0 Å². The van der Waals surface area contributed by atoms with Crippen LogP contribution in [-0.4, -0.2) is 86.5 Å². The van der Waals surface area contributed by atoms with Crippen LogP contribution in [0.5, 0.6) is 0 Å². The first kappa shape index (κ1) is 25.8. The van der Waals surface area contributed by atoms with E-state index in [9.17, 15) is 0 Å². The number of nitrogens with zero attached hydrogens (tertiary/aromatic N) is 4. The average Bonchev–Trinajstić information content (AvgIpc) is 2.58. The maximum absolute atomic E-state index is 7.34. The number of hydrogen-bond donors (Lipinski definition) is 0. The average molecular weight is 432 g/mol. The van der Waals surface area contributed by atoms with Crippen LogP contribution in [0.15, 0.2) is 0 Å². The van der Waals surface area contributed by atoms with Gasteiger partial charge >= 0.3 is 15.9 Å². The van der Waals surface area contributed by atoms with Crippen molar-refractivity contribution in [3.05, 3.63) is 0 Å². The van der Waals surface area contributed by atoms with E-state index in [1.165, 1.54) is 0 Å². The zero-order valence-electron chi connectivity index (χ0n) is 17.6. The van der Waals surface area contributed by atoms with Crippen molar-refractivity contribution in [1.82, 2.24) is 18.3 Å². The molecular formula is C16H40Cl2N4OSi2. The predicted molar refractivity (Wildman–Crippen MR) is 116 cm³/mol. The van der Waals surface area contributed by atoms with E-state index in [4.69, 9.17) is 26.3 Å². The molecule has 0 unspecified atom stereocenters. The van der Waals surface area contributed by atoms with Crippen LogP contribution in [0.3, 0.4) is 0 Å². The van der Waals surface area contributed by atoms with Gasteiger partial charge in [0.1, 0.15) is 0 Å². The molecule has 9 heteroatoms. The SMILES string of the molecule is CCN(CC)[Si](Cl)(O[Si](Cl)(N(CC)CC)N(CC)CC)N(CC)CC. The normalized spacial score (nSPS) is 13.7. The van der Waals surface area contributed by atoms with Gasteiger partial charge in [-0.05, 0) is 52.4 Å².